The fourth-order valence-corrected chi connectivity index (χ4v) is 2.91. The molecule has 1 heterocycles. The molecule has 1 aromatic rings. The quantitative estimate of drug-likeness (QED) is 0.774. The molecule has 128 valence electrons. The molecule has 2 rings (SSSR count). The second-order valence-electron chi connectivity index (χ2n) is 6.11. The Morgan fingerprint density at radius 2 is 1.87 bits per heavy atom. The monoisotopic (exact) mass is 338 g/mol. The Morgan fingerprint density at radius 1 is 1.22 bits per heavy atom. The molecule has 1 aliphatic rings. The van der Waals surface area contributed by atoms with Crippen LogP contribution in [0.15, 0.2) is 24.3 Å². The van der Waals surface area contributed by atoms with Crippen LogP contribution in [-0.4, -0.2) is 43.1 Å². The van der Waals surface area contributed by atoms with Gasteiger partial charge in [0.1, 0.15) is 5.75 Å². The normalized spacial score (nSPS) is 17.3. The molecule has 0 bridgehead atoms. The first-order chi connectivity index (χ1) is 11.1. The van der Waals surface area contributed by atoms with Gasteiger partial charge in [0.2, 0.25) is 0 Å². The van der Waals surface area contributed by atoms with Crippen molar-refractivity contribution in [3.05, 3.63) is 29.3 Å². The van der Waals surface area contributed by atoms with E-state index in [1.807, 2.05) is 0 Å². The largest absolute Gasteiger partial charge is 0.481 e. The highest BCUT2D eigenvalue weighted by atomic mass is 35.5. The van der Waals surface area contributed by atoms with Crippen LogP contribution in [-0.2, 0) is 4.79 Å². The zero-order chi connectivity index (χ0) is 16.5. The summed E-state index contributed by atoms with van der Waals surface area (Å²) in [7, 11) is 0. The van der Waals surface area contributed by atoms with Gasteiger partial charge in [-0.3, -0.25) is 4.79 Å². The number of carbonyl (C=O) groups is 1. The van der Waals surface area contributed by atoms with Gasteiger partial charge in [0, 0.05) is 11.6 Å². The number of hydrogen-bond donors (Lipinski definition) is 1. The van der Waals surface area contributed by atoms with Gasteiger partial charge in [0.05, 0.1) is 0 Å². The Bertz CT molecular complexity index is 470. The molecule has 1 aromatic carbocycles. The summed E-state index contributed by atoms with van der Waals surface area (Å²) in [5, 5.41) is 3.61. The highest BCUT2D eigenvalue weighted by Crippen LogP contribution is 2.16. The van der Waals surface area contributed by atoms with E-state index in [1.165, 1.54) is 38.8 Å². The van der Waals surface area contributed by atoms with Crippen LogP contribution >= 0.6 is 11.6 Å². The Morgan fingerprint density at radius 3 is 2.52 bits per heavy atom. The van der Waals surface area contributed by atoms with E-state index in [4.69, 9.17) is 16.3 Å². The van der Waals surface area contributed by atoms with Crippen molar-refractivity contribution in [1.82, 2.24) is 10.2 Å². The third-order valence-corrected chi connectivity index (χ3v) is 4.40. The van der Waals surface area contributed by atoms with Crippen molar-refractivity contribution in [2.24, 2.45) is 0 Å². The number of hydrogen-bond acceptors (Lipinski definition) is 3. The first-order valence-corrected chi connectivity index (χ1v) is 8.95. The minimum atomic E-state index is -0.505. The topological polar surface area (TPSA) is 41.6 Å². The number of likely N-dealkylation sites (tertiary alicyclic amines) is 1. The predicted molar refractivity (Wildman–Crippen MR) is 94.1 cm³/mol. The maximum atomic E-state index is 12.0. The summed E-state index contributed by atoms with van der Waals surface area (Å²) in [6, 6.07) is 7.04. The molecule has 23 heavy (non-hydrogen) atoms. The molecule has 1 fully saturated rings. The average molecular weight is 339 g/mol. The van der Waals surface area contributed by atoms with Crippen LogP contribution in [0.2, 0.25) is 5.02 Å². The lowest BCUT2D eigenvalue weighted by atomic mass is 10.2. The molecule has 0 aromatic heterocycles. The Labute approximate surface area is 144 Å². The molecule has 4 nitrogen and oxygen atoms in total. The standard InChI is InChI=1S/C18H27ClN2O2/c1-15(23-17-9-7-16(19)8-10-17)18(22)20-11-6-14-21-12-4-2-3-5-13-21/h7-10,15H,2-6,11-14H2,1H3,(H,20,22). The van der Waals surface area contributed by atoms with E-state index in [1.54, 1.807) is 31.2 Å². The molecule has 1 atom stereocenters. The molecule has 1 amide bonds. The number of amides is 1. The number of halogens is 1. The number of ether oxygens (including phenoxy) is 1. The van der Waals surface area contributed by atoms with Crippen LogP contribution in [0.4, 0.5) is 0 Å². The Balaban J connectivity index is 1.62. The lowest BCUT2D eigenvalue weighted by Crippen LogP contribution is -2.38. The second-order valence-corrected chi connectivity index (χ2v) is 6.55. The van der Waals surface area contributed by atoms with Crippen LogP contribution in [0.3, 0.4) is 0 Å². The van der Waals surface area contributed by atoms with E-state index in [2.05, 4.69) is 10.2 Å². The molecular formula is C18H27ClN2O2. The van der Waals surface area contributed by atoms with Crippen molar-refractivity contribution < 1.29 is 9.53 Å². The van der Waals surface area contributed by atoms with Gasteiger partial charge in [0.15, 0.2) is 6.10 Å². The SMILES string of the molecule is CC(Oc1ccc(Cl)cc1)C(=O)NCCCN1CCCCCC1. The van der Waals surface area contributed by atoms with Gasteiger partial charge < -0.3 is 15.0 Å². The molecular weight excluding hydrogens is 312 g/mol. The molecule has 0 spiro atoms. The van der Waals surface area contributed by atoms with Crippen molar-refractivity contribution in [2.45, 2.75) is 45.1 Å². The Hall–Kier alpha value is -1.26. The molecule has 0 radical (unpaired) electrons. The van der Waals surface area contributed by atoms with Crippen molar-refractivity contribution in [3.8, 4) is 5.75 Å². The van der Waals surface area contributed by atoms with Gasteiger partial charge in [0.25, 0.3) is 5.91 Å². The zero-order valence-electron chi connectivity index (χ0n) is 13.9. The third kappa shape index (κ3) is 6.80. The van der Waals surface area contributed by atoms with Gasteiger partial charge in [-0.15, -0.1) is 0 Å². The van der Waals surface area contributed by atoms with E-state index >= 15 is 0 Å². The van der Waals surface area contributed by atoms with Crippen molar-refractivity contribution in [2.75, 3.05) is 26.2 Å². The number of nitrogens with zero attached hydrogens (tertiary/aromatic N) is 1. The van der Waals surface area contributed by atoms with Gasteiger partial charge in [-0.05, 0) is 70.1 Å². The first-order valence-electron chi connectivity index (χ1n) is 8.57. The van der Waals surface area contributed by atoms with Crippen LogP contribution < -0.4 is 10.1 Å². The van der Waals surface area contributed by atoms with Gasteiger partial charge in [-0.1, -0.05) is 24.4 Å². The fourth-order valence-electron chi connectivity index (χ4n) is 2.79. The van der Waals surface area contributed by atoms with E-state index in [9.17, 15) is 4.79 Å². The summed E-state index contributed by atoms with van der Waals surface area (Å²) < 4.78 is 5.61. The van der Waals surface area contributed by atoms with Gasteiger partial charge >= 0.3 is 0 Å². The summed E-state index contributed by atoms with van der Waals surface area (Å²) in [6.07, 6.45) is 5.80. The van der Waals surface area contributed by atoms with E-state index in [-0.39, 0.29) is 5.91 Å². The molecule has 1 saturated heterocycles. The summed E-state index contributed by atoms with van der Waals surface area (Å²) >= 11 is 5.83. The highest BCUT2D eigenvalue weighted by molar-refractivity contribution is 6.30. The maximum Gasteiger partial charge on any atom is 0.260 e. The predicted octanol–water partition coefficient (Wildman–Crippen LogP) is 3.49. The minimum Gasteiger partial charge on any atom is -0.481 e. The Kier molecular flexibility index (Phi) is 7.69. The third-order valence-electron chi connectivity index (χ3n) is 4.14. The average Bonchev–Trinajstić information content (AvgIpc) is 2.82. The van der Waals surface area contributed by atoms with Crippen molar-refractivity contribution >= 4 is 17.5 Å². The molecule has 0 saturated carbocycles. The molecule has 1 aliphatic heterocycles. The summed E-state index contributed by atoms with van der Waals surface area (Å²) in [4.78, 5) is 14.6. The molecule has 1 N–H and O–H groups in total. The van der Waals surface area contributed by atoms with E-state index in [0.29, 0.717) is 17.3 Å². The summed E-state index contributed by atoms with van der Waals surface area (Å²) in [5.74, 6) is 0.581. The van der Waals surface area contributed by atoms with Crippen LogP contribution in [0, 0.1) is 0 Å². The fraction of sp³-hybridized carbons (Fsp3) is 0.611. The van der Waals surface area contributed by atoms with Gasteiger partial charge in [-0.2, -0.15) is 0 Å². The van der Waals surface area contributed by atoms with Crippen LogP contribution in [0.5, 0.6) is 5.75 Å². The van der Waals surface area contributed by atoms with Crippen LogP contribution in [0.1, 0.15) is 39.0 Å². The lowest BCUT2D eigenvalue weighted by molar-refractivity contribution is -0.127. The van der Waals surface area contributed by atoms with Crippen LogP contribution in [0.25, 0.3) is 0 Å². The summed E-state index contributed by atoms with van der Waals surface area (Å²) in [6.45, 7) is 5.92. The molecule has 1 unspecified atom stereocenters. The number of benzene rings is 1. The van der Waals surface area contributed by atoms with Crippen molar-refractivity contribution in [1.29, 1.82) is 0 Å². The molecule has 0 aliphatic carbocycles. The number of nitrogens with one attached hydrogen (secondary N) is 1. The van der Waals surface area contributed by atoms with Gasteiger partial charge in [-0.25, -0.2) is 0 Å². The summed E-state index contributed by atoms with van der Waals surface area (Å²) in [5.41, 5.74) is 0. The van der Waals surface area contributed by atoms with Crippen molar-refractivity contribution in [3.63, 3.8) is 0 Å². The molecule has 5 heteroatoms. The van der Waals surface area contributed by atoms with E-state index < -0.39 is 6.10 Å². The number of carbonyl (C=O) groups excluding carboxylic acids is 1. The first kappa shape index (κ1) is 18.1. The highest BCUT2D eigenvalue weighted by Gasteiger charge is 2.14. The second kappa shape index (κ2) is 9.78. The van der Waals surface area contributed by atoms with E-state index in [0.717, 1.165) is 13.0 Å². The lowest BCUT2D eigenvalue weighted by Gasteiger charge is -2.20. The smallest absolute Gasteiger partial charge is 0.260 e. The maximum absolute atomic E-state index is 12.0. The number of rotatable bonds is 7. The minimum absolute atomic E-state index is 0.0733. The zero-order valence-corrected chi connectivity index (χ0v) is 14.6.